The lowest BCUT2D eigenvalue weighted by molar-refractivity contribution is -0.134. The number of ether oxygens (including phenoxy) is 2. The van der Waals surface area contributed by atoms with E-state index in [-0.39, 0.29) is 11.8 Å². The largest absolute Gasteiger partial charge is 0.493 e. The van der Waals surface area contributed by atoms with Gasteiger partial charge in [0.1, 0.15) is 0 Å². The molecule has 1 heterocycles. The summed E-state index contributed by atoms with van der Waals surface area (Å²) in [7, 11) is 4.89. The van der Waals surface area contributed by atoms with Crippen LogP contribution in [-0.4, -0.2) is 62.2 Å². The van der Waals surface area contributed by atoms with Crippen molar-refractivity contribution in [2.24, 2.45) is 0 Å². The van der Waals surface area contributed by atoms with Gasteiger partial charge in [-0.3, -0.25) is 9.59 Å². The van der Waals surface area contributed by atoms with Crippen LogP contribution in [-0.2, 0) is 4.79 Å². The van der Waals surface area contributed by atoms with Gasteiger partial charge in [0.25, 0.3) is 5.91 Å². The Hall–Kier alpha value is -2.67. The lowest BCUT2D eigenvalue weighted by Gasteiger charge is -2.41. The number of likely N-dealkylation sites (N-methyl/N-ethyl adjacent to an activating group) is 2. The second kappa shape index (κ2) is 11.0. The number of hydrogen-bond acceptors (Lipinski definition) is 5. The van der Waals surface area contributed by atoms with Gasteiger partial charge in [0.15, 0.2) is 11.5 Å². The fraction of sp³-hybridized carbons (Fsp3) is 0.462. The number of thioether (sulfide) groups is 1. The van der Waals surface area contributed by atoms with E-state index in [4.69, 9.17) is 9.47 Å². The van der Waals surface area contributed by atoms with Gasteiger partial charge in [0.2, 0.25) is 5.91 Å². The lowest BCUT2D eigenvalue weighted by atomic mass is 9.78. The first kappa shape index (κ1) is 25.0. The van der Waals surface area contributed by atoms with Gasteiger partial charge in [0.05, 0.1) is 26.2 Å². The molecule has 2 amide bonds. The number of methoxy groups -OCH3 is 2. The molecule has 0 N–H and O–H groups in total. The monoisotopic (exact) mass is 470 g/mol. The molecule has 1 aliphatic heterocycles. The average molecular weight is 471 g/mol. The Labute approximate surface area is 201 Å². The molecule has 0 saturated heterocycles. The number of benzene rings is 2. The zero-order valence-corrected chi connectivity index (χ0v) is 21.2. The topological polar surface area (TPSA) is 59.1 Å². The van der Waals surface area contributed by atoms with E-state index >= 15 is 0 Å². The SMILES string of the molecule is CCCCN(CC)C(=O)C1c2cc(OC)c(OC)cc2C(=O)N(C)C1c1ccc(SC)cc1. The number of hydrogen-bond donors (Lipinski definition) is 0. The Morgan fingerprint density at radius 1 is 1.09 bits per heavy atom. The van der Waals surface area contributed by atoms with Crippen LogP contribution in [0.15, 0.2) is 41.3 Å². The molecule has 7 heteroatoms. The minimum atomic E-state index is -0.542. The van der Waals surface area contributed by atoms with Crippen LogP contribution >= 0.6 is 11.8 Å². The van der Waals surface area contributed by atoms with Crippen molar-refractivity contribution < 1.29 is 19.1 Å². The molecule has 2 aromatic carbocycles. The summed E-state index contributed by atoms with van der Waals surface area (Å²) in [4.78, 5) is 32.2. The van der Waals surface area contributed by atoms with Gasteiger partial charge in [-0.15, -0.1) is 11.8 Å². The Balaban J connectivity index is 2.21. The van der Waals surface area contributed by atoms with E-state index in [1.807, 2.05) is 42.3 Å². The van der Waals surface area contributed by atoms with Crippen LogP contribution in [0.3, 0.4) is 0 Å². The molecule has 178 valence electrons. The zero-order chi connectivity index (χ0) is 24.1. The summed E-state index contributed by atoms with van der Waals surface area (Å²) in [6.45, 7) is 5.44. The fourth-order valence-electron chi connectivity index (χ4n) is 4.50. The first-order valence-electron chi connectivity index (χ1n) is 11.4. The highest BCUT2D eigenvalue weighted by atomic mass is 32.2. The van der Waals surface area contributed by atoms with Crippen molar-refractivity contribution in [1.82, 2.24) is 9.80 Å². The average Bonchev–Trinajstić information content (AvgIpc) is 2.85. The van der Waals surface area contributed by atoms with Crippen LogP contribution < -0.4 is 9.47 Å². The Morgan fingerprint density at radius 3 is 2.27 bits per heavy atom. The van der Waals surface area contributed by atoms with Gasteiger partial charge >= 0.3 is 0 Å². The summed E-state index contributed by atoms with van der Waals surface area (Å²) in [6.07, 6.45) is 3.97. The molecule has 6 nitrogen and oxygen atoms in total. The van der Waals surface area contributed by atoms with E-state index in [9.17, 15) is 9.59 Å². The first-order valence-corrected chi connectivity index (χ1v) is 12.6. The third-order valence-electron chi connectivity index (χ3n) is 6.37. The van der Waals surface area contributed by atoms with Crippen molar-refractivity contribution in [3.63, 3.8) is 0 Å². The number of carbonyl (C=O) groups excluding carboxylic acids is 2. The van der Waals surface area contributed by atoms with Gasteiger partial charge in [-0.1, -0.05) is 25.5 Å². The predicted molar refractivity (Wildman–Crippen MR) is 133 cm³/mol. The zero-order valence-electron chi connectivity index (χ0n) is 20.4. The van der Waals surface area contributed by atoms with Crippen LogP contribution in [0.2, 0.25) is 0 Å². The summed E-state index contributed by atoms with van der Waals surface area (Å²) >= 11 is 1.66. The molecular weight excluding hydrogens is 436 g/mol. The standard InChI is InChI=1S/C26H34N2O4S/c1-7-9-14-28(8-2)26(30)23-19-15-21(31-4)22(32-5)16-20(19)25(29)27(3)24(23)17-10-12-18(33-6)13-11-17/h10-13,15-16,23-24H,7-9,14H2,1-6H3. The molecule has 33 heavy (non-hydrogen) atoms. The number of rotatable bonds is 9. The molecule has 2 atom stereocenters. The molecular formula is C26H34N2O4S. The van der Waals surface area contributed by atoms with Crippen LogP contribution in [0.25, 0.3) is 0 Å². The maximum Gasteiger partial charge on any atom is 0.254 e. The van der Waals surface area contributed by atoms with E-state index in [0.717, 1.165) is 23.3 Å². The lowest BCUT2D eigenvalue weighted by Crippen LogP contribution is -2.47. The summed E-state index contributed by atoms with van der Waals surface area (Å²) < 4.78 is 11.0. The van der Waals surface area contributed by atoms with Crippen LogP contribution in [0.1, 0.15) is 60.1 Å². The number of carbonyl (C=O) groups is 2. The Morgan fingerprint density at radius 2 is 1.73 bits per heavy atom. The van der Waals surface area contributed by atoms with Crippen molar-refractivity contribution in [3.8, 4) is 11.5 Å². The second-order valence-corrected chi connectivity index (χ2v) is 9.06. The van der Waals surface area contributed by atoms with Crippen molar-refractivity contribution in [1.29, 1.82) is 0 Å². The Kier molecular flexibility index (Phi) is 8.30. The second-order valence-electron chi connectivity index (χ2n) is 8.18. The third-order valence-corrected chi connectivity index (χ3v) is 7.12. The molecule has 2 aromatic rings. The summed E-state index contributed by atoms with van der Waals surface area (Å²) in [5, 5.41) is 0. The van der Waals surface area contributed by atoms with E-state index < -0.39 is 12.0 Å². The van der Waals surface area contributed by atoms with E-state index in [1.54, 1.807) is 50.1 Å². The summed E-state index contributed by atoms with van der Waals surface area (Å²) in [6, 6.07) is 11.2. The van der Waals surface area contributed by atoms with Gasteiger partial charge in [-0.05, 0) is 55.0 Å². The van der Waals surface area contributed by atoms with E-state index in [1.165, 1.54) is 0 Å². The number of amides is 2. The highest BCUT2D eigenvalue weighted by molar-refractivity contribution is 7.98. The van der Waals surface area contributed by atoms with E-state index in [2.05, 4.69) is 6.92 Å². The smallest absolute Gasteiger partial charge is 0.254 e. The Bertz CT molecular complexity index is 993. The third kappa shape index (κ3) is 4.83. The summed E-state index contributed by atoms with van der Waals surface area (Å²) in [5.74, 6) is 0.340. The van der Waals surface area contributed by atoms with Gasteiger partial charge < -0.3 is 19.3 Å². The van der Waals surface area contributed by atoms with Crippen LogP contribution in [0, 0.1) is 0 Å². The van der Waals surface area contributed by atoms with Gasteiger partial charge in [0, 0.05) is 30.6 Å². The maximum atomic E-state index is 14.0. The molecule has 1 aliphatic rings. The minimum absolute atomic E-state index is 0.0257. The normalized spacial score (nSPS) is 17.5. The molecule has 3 rings (SSSR count). The molecule has 0 fully saturated rings. The molecule has 2 unspecified atom stereocenters. The van der Waals surface area contributed by atoms with E-state index in [0.29, 0.717) is 35.7 Å². The highest BCUT2D eigenvalue weighted by Crippen LogP contribution is 2.46. The maximum absolute atomic E-state index is 14.0. The van der Waals surface area contributed by atoms with Crippen molar-refractivity contribution in [2.75, 3.05) is 40.6 Å². The molecule has 0 radical (unpaired) electrons. The van der Waals surface area contributed by atoms with Gasteiger partial charge in [-0.2, -0.15) is 0 Å². The number of fused-ring (bicyclic) bond motifs is 1. The quantitative estimate of drug-likeness (QED) is 0.484. The van der Waals surface area contributed by atoms with Crippen molar-refractivity contribution in [2.45, 2.75) is 43.5 Å². The first-order chi connectivity index (χ1) is 15.9. The number of nitrogens with zero attached hydrogens (tertiary/aromatic N) is 2. The van der Waals surface area contributed by atoms with Crippen molar-refractivity contribution in [3.05, 3.63) is 53.1 Å². The van der Waals surface area contributed by atoms with Crippen LogP contribution in [0.5, 0.6) is 11.5 Å². The summed E-state index contributed by atoms with van der Waals surface area (Å²) in [5.41, 5.74) is 2.11. The van der Waals surface area contributed by atoms with Crippen LogP contribution in [0.4, 0.5) is 0 Å². The molecule has 0 aliphatic carbocycles. The molecule has 0 saturated carbocycles. The highest BCUT2D eigenvalue weighted by Gasteiger charge is 2.44. The molecule has 0 aromatic heterocycles. The number of unbranched alkanes of at least 4 members (excludes halogenated alkanes) is 1. The molecule has 0 spiro atoms. The predicted octanol–water partition coefficient (Wildman–Crippen LogP) is 4.98. The minimum Gasteiger partial charge on any atom is -0.493 e. The van der Waals surface area contributed by atoms with Gasteiger partial charge in [-0.25, -0.2) is 0 Å². The molecule has 0 bridgehead atoms. The van der Waals surface area contributed by atoms with Crippen molar-refractivity contribution >= 4 is 23.6 Å². The fourth-order valence-corrected chi connectivity index (χ4v) is 4.91.